The van der Waals surface area contributed by atoms with Gasteiger partial charge in [0.15, 0.2) is 0 Å². The maximum absolute atomic E-state index is 12.5. The van der Waals surface area contributed by atoms with Gasteiger partial charge in [-0.15, -0.1) is 0 Å². The smallest absolute Gasteiger partial charge is 0.253 e. The third-order valence-electron chi connectivity index (χ3n) is 3.48. The summed E-state index contributed by atoms with van der Waals surface area (Å²) in [7, 11) is 0. The Morgan fingerprint density at radius 1 is 1.24 bits per heavy atom. The number of rotatable bonds is 9. The molecule has 1 amide bonds. The van der Waals surface area contributed by atoms with Crippen LogP contribution in [0.2, 0.25) is 0 Å². The van der Waals surface area contributed by atoms with Gasteiger partial charge in [-0.1, -0.05) is 20.3 Å². The molecule has 0 spiro atoms. The van der Waals surface area contributed by atoms with Crippen molar-refractivity contribution in [1.29, 1.82) is 0 Å². The Morgan fingerprint density at radius 2 is 2.00 bits per heavy atom. The minimum Gasteiger partial charge on any atom is -0.395 e. The zero-order chi connectivity index (χ0) is 15.7. The zero-order valence-electron chi connectivity index (χ0n) is 13.5. The number of benzene rings is 1. The van der Waals surface area contributed by atoms with Gasteiger partial charge in [0.05, 0.1) is 6.61 Å². The molecule has 0 radical (unpaired) electrons. The fraction of sp³-hybridized carbons (Fsp3) is 0.588. The number of nitrogens with zero attached hydrogens (tertiary/aromatic N) is 1. The molecule has 0 unspecified atom stereocenters. The highest BCUT2D eigenvalue weighted by atomic mass is 16.3. The monoisotopic (exact) mass is 292 g/mol. The molecule has 1 aromatic rings. The number of carbonyl (C=O) groups is 1. The van der Waals surface area contributed by atoms with Crippen molar-refractivity contribution in [3.63, 3.8) is 0 Å². The average molecular weight is 292 g/mol. The summed E-state index contributed by atoms with van der Waals surface area (Å²) in [4.78, 5) is 14.2. The van der Waals surface area contributed by atoms with E-state index in [0.717, 1.165) is 37.1 Å². The van der Waals surface area contributed by atoms with Crippen molar-refractivity contribution < 1.29 is 9.90 Å². The molecule has 118 valence electrons. The fourth-order valence-electron chi connectivity index (χ4n) is 2.22. The molecule has 2 N–H and O–H groups in total. The summed E-state index contributed by atoms with van der Waals surface area (Å²) in [5, 5.41) is 12.5. The molecular weight excluding hydrogens is 264 g/mol. The number of unbranched alkanes of at least 4 members (excludes halogenated alkanes) is 1. The predicted octanol–water partition coefficient (Wildman–Crippen LogP) is 3.05. The number of aryl methyl sites for hydroxylation is 1. The summed E-state index contributed by atoms with van der Waals surface area (Å²) < 4.78 is 0. The van der Waals surface area contributed by atoms with Gasteiger partial charge in [0, 0.05) is 30.9 Å². The second-order valence-corrected chi connectivity index (χ2v) is 5.33. The maximum atomic E-state index is 12.5. The number of hydrogen-bond donors (Lipinski definition) is 2. The number of aliphatic hydroxyl groups is 1. The average Bonchev–Trinajstić information content (AvgIpc) is 2.49. The lowest BCUT2D eigenvalue weighted by atomic mass is 10.1. The topological polar surface area (TPSA) is 52.6 Å². The second-order valence-electron chi connectivity index (χ2n) is 5.33. The first kappa shape index (κ1) is 17.5. The molecule has 1 rings (SSSR count). The van der Waals surface area contributed by atoms with Crippen LogP contribution in [0.25, 0.3) is 0 Å². The molecule has 1 aromatic carbocycles. The summed E-state index contributed by atoms with van der Waals surface area (Å²) in [6.07, 6.45) is 3.07. The van der Waals surface area contributed by atoms with E-state index < -0.39 is 0 Å². The number of aliphatic hydroxyl groups excluding tert-OH is 1. The third-order valence-corrected chi connectivity index (χ3v) is 3.48. The molecule has 4 nitrogen and oxygen atoms in total. The molecule has 0 aliphatic carbocycles. The standard InChI is InChI=1S/C17H28N2O2/c1-4-6-10-19(11-12-20)17(21)15-7-8-16(14(3)13-15)18-9-5-2/h7-8,13,18,20H,4-6,9-12H2,1-3H3. The first-order valence-corrected chi connectivity index (χ1v) is 7.88. The molecule has 0 fully saturated rings. The van der Waals surface area contributed by atoms with Crippen LogP contribution < -0.4 is 5.32 Å². The van der Waals surface area contributed by atoms with Crippen molar-refractivity contribution >= 4 is 11.6 Å². The van der Waals surface area contributed by atoms with Gasteiger partial charge in [-0.25, -0.2) is 0 Å². The van der Waals surface area contributed by atoms with E-state index >= 15 is 0 Å². The highest BCUT2D eigenvalue weighted by Crippen LogP contribution is 2.18. The number of amides is 1. The lowest BCUT2D eigenvalue weighted by Gasteiger charge is -2.22. The molecule has 4 heteroatoms. The van der Waals surface area contributed by atoms with Gasteiger partial charge in [-0.3, -0.25) is 4.79 Å². The first-order valence-electron chi connectivity index (χ1n) is 7.88. The summed E-state index contributed by atoms with van der Waals surface area (Å²) in [6.45, 7) is 8.27. The van der Waals surface area contributed by atoms with Gasteiger partial charge >= 0.3 is 0 Å². The van der Waals surface area contributed by atoms with Crippen LogP contribution in [0.5, 0.6) is 0 Å². The van der Waals surface area contributed by atoms with Crippen LogP contribution in [-0.2, 0) is 0 Å². The largest absolute Gasteiger partial charge is 0.395 e. The van der Waals surface area contributed by atoms with E-state index in [0.29, 0.717) is 18.7 Å². The van der Waals surface area contributed by atoms with E-state index in [2.05, 4.69) is 19.2 Å². The van der Waals surface area contributed by atoms with Gasteiger partial charge in [0.1, 0.15) is 0 Å². The lowest BCUT2D eigenvalue weighted by Crippen LogP contribution is -2.34. The van der Waals surface area contributed by atoms with Crippen LogP contribution in [0, 0.1) is 6.92 Å². The first-order chi connectivity index (χ1) is 10.1. The Labute approximate surface area is 128 Å². The second kappa shape index (κ2) is 9.40. The molecule has 0 aliphatic heterocycles. The van der Waals surface area contributed by atoms with Crippen molar-refractivity contribution in [3.8, 4) is 0 Å². The Kier molecular flexibility index (Phi) is 7.83. The summed E-state index contributed by atoms with van der Waals surface area (Å²) >= 11 is 0. The third kappa shape index (κ3) is 5.38. The Hall–Kier alpha value is -1.55. The molecule has 21 heavy (non-hydrogen) atoms. The Morgan fingerprint density at radius 3 is 2.57 bits per heavy atom. The summed E-state index contributed by atoms with van der Waals surface area (Å²) in [6, 6.07) is 5.76. The van der Waals surface area contributed by atoms with E-state index in [9.17, 15) is 4.79 Å². The van der Waals surface area contributed by atoms with Gasteiger partial charge in [0.25, 0.3) is 5.91 Å². The van der Waals surface area contributed by atoms with E-state index in [1.807, 2.05) is 25.1 Å². The Balaban J connectivity index is 2.82. The molecule has 0 aromatic heterocycles. The van der Waals surface area contributed by atoms with Crippen molar-refractivity contribution in [2.45, 2.75) is 40.0 Å². The number of nitrogens with one attached hydrogen (secondary N) is 1. The minimum atomic E-state index is 0.00245. The maximum Gasteiger partial charge on any atom is 0.253 e. The van der Waals surface area contributed by atoms with E-state index in [1.165, 1.54) is 0 Å². The highest BCUT2D eigenvalue weighted by molar-refractivity contribution is 5.95. The predicted molar refractivity (Wildman–Crippen MR) is 87.9 cm³/mol. The Bertz CT molecular complexity index is 446. The van der Waals surface area contributed by atoms with Gasteiger partial charge in [0.2, 0.25) is 0 Å². The number of hydrogen-bond acceptors (Lipinski definition) is 3. The normalized spacial score (nSPS) is 10.5. The number of anilines is 1. The zero-order valence-corrected chi connectivity index (χ0v) is 13.5. The molecule has 0 saturated carbocycles. The SMILES string of the molecule is CCCCN(CCO)C(=O)c1ccc(NCCC)c(C)c1. The van der Waals surface area contributed by atoms with Crippen LogP contribution in [0.15, 0.2) is 18.2 Å². The number of carbonyl (C=O) groups excluding carboxylic acids is 1. The summed E-state index contributed by atoms with van der Waals surface area (Å²) in [5.74, 6) is 0.00245. The van der Waals surface area contributed by atoms with Crippen molar-refractivity contribution in [2.24, 2.45) is 0 Å². The molecular formula is C17H28N2O2. The molecule has 0 aliphatic rings. The van der Waals surface area contributed by atoms with Crippen molar-refractivity contribution in [2.75, 3.05) is 31.6 Å². The highest BCUT2D eigenvalue weighted by Gasteiger charge is 2.15. The molecule has 0 atom stereocenters. The van der Waals surface area contributed by atoms with Gasteiger partial charge in [-0.2, -0.15) is 0 Å². The van der Waals surface area contributed by atoms with Gasteiger partial charge < -0.3 is 15.3 Å². The van der Waals surface area contributed by atoms with E-state index in [-0.39, 0.29) is 12.5 Å². The van der Waals surface area contributed by atoms with Crippen molar-refractivity contribution in [3.05, 3.63) is 29.3 Å². The summed E-state index contributed by atoms with van der Waals surface area (Å²) in [5.41, 5.74) is 2.85. The van der Waals surface area contributed by atoms with Crippen molar-refractivity contribution in [1.82, 2.24) is 4.90 Å². The molecule has 0 saturated heterocycles. The van der Waals surface area contributed by atoms with Crippen LogP contribution in [-0.4, -0.2) is 42.2 Å². The molecule has 0 heterocycles. The lowest BCUT2D eigenvalue weighted by molar-refractivity contribution is 0.0719. The minimum absolute atomic E-state index is 0.00245. The fourth-order valence-corrected chi connectivity index (χ4v) is 2.22. The quantitative estimate of drug-likeness (QED) is 0.735. The van der Waals surface area contributed by atoms with Crippen LogP contribution >= 0.6 is 0 Å². The van der Waals surface area contributed by atoms with E-state index in [1.54, 1.807) is 4.90 Å². The van der Waals surface area contributed by atoms with Crippen LogP contribution in [0.3, 0.4) is 0 Å². The van der Waals surface area contributed by atoms with Crippen LogP contribution in [0.4, 0.5) is 5.69 Å². The van der Waals surface area contributed by atoms with Crippen LogP contribution in [0.1, 0.15) is 49.0 Å². The van der Waals surface area contributed by atoms with E-state index in [4.69, 9.17) is 5.11 Å². The van der Waals surface area contributed by atoms with Gasteiger partial charge in [-0.05, 0) is 43.5 Å². The molecule has 0 bridgehead atoms.